The molecule has 1 aromatic heterocycles. The predicted molar refractivity (Wildman–Crippen MR) is 119 cm³/mol. The maximum Gasteiger partial charge on any atom is 0.296 e. The molecule has 0 saturated carbocycles. The van der Waals surface area contributed by atoms with Gasteiger partial charge in [0, 0.05) is 5.56 Å². The molecule has 1 aliphatic rings. The average molecular weight is 449 g/mol. The first-order valence-electron chi connectivity index (χ1n) is 10.2. The molecule has 2 heterocycles. The predicted octanol–water partition coefficient (Wildman–Crippen LogP) is 3.93. The van der Waals surface area contributed by atoms with Crippen molar-refractivity contribution in [3.63, 3.8) is 0 Å². The van der Waals surface area contributed by atoms with Crippen LogP contribution < -0.4 is 14.2 Å². The Labute approximate surface area is 190 Å². The van der Waals surface area contributed by atoms with E-state index in [1.807, 2.05) is 18.2 Å². The maximum absolute atomic E-state index is 13.2. The number of carbonyl (C=O) groups excluding carboxylic acids is 2. The lowest BCUT2D eigenvalue weighted by Crippen LogP contribution is -2.29. The van der Waals surface area contributed by atoms with Gasteiger partial charge in [-0.2, -0.15) is 0 Å². The molecule has 8 heteroatoms. The Bertz CT molecular complexity index is 1210. The highest BCUT2D eigenvalue weighted by atomic mass is 16.5. The molecule has 1 fully saturated rings. The van der Waals surface area contributed by atoms with Crippen molar-refractivity contribution in [1.82, 2.24) is 4.90 Å². The number of amides is 1. The monoisotopic (exact) mass is 449 g/mol. The van der Waals surface area contributed by atoms with E-state index in [4.69, 9.17) is 18.6 Å². The van der Waals surface area contributed by atoms with Crippen LogP contribution in [0.25, 0.3) is 5.76 Å². The Balaban J connectivity index is 1.88. The number of ether oxygens (including phenoxy) is 3. The molecule has 1 saturated heterocycles. The normalized spacial score (nSPS) is 17.3. The molecule has 4 rings (SSSR count). The number of aliphatic hydroxyl groups excluding tert-OH is 1. The maximum atomic E-state index is 13.2. The van der Waals surface area contributed by atoms with Crippen LogP contribution in [-0.4, -0.2) is 43.0 Å². The van der Waals surface area contributed by atoms with E-state index in [0.29, 0.717) is 28.6 Å². The van der Waals surface area contributed by atoms with E-state index in [0.717, 1.165) is 0 Å². The lowest BCUT2D eigenvalue weighted by Gasteiger charge is -2.24. The molecule has 8 nitrogen and oxygen atoms in total. The number of para-hydroxylation sites is 1. The van der Waals surface area contributed by atoms with Crippen LogP contribution in [0.1, 0.15) is 22.9 Å². The van der Waals surface area contributed by atoms with E-state index in [1.54, 1.807) is 36.4 Å². The fourth-order valence-corrected chi connectivity index (χ4v) is 3.95. The second-order valence-electron chi connectivity index (χ2n) is 7.32. The number of likely N-dealkylation sites (tertiary alicyclic amines) is 1. The molecular formula is C25H23NO7. The van der Waals surface area contributed by atoms with Gasteiger partial charge in [0.25, 0.3) is 11.7 Å². The van der Waals surface area contributed by atoms with E-state index in [-0.39, 0.29) is 23.4 Å². The van der Waals surface area contributed by atoms with Crippen molar-refractivity contribution in [1.29, 1.82) is 0 Å². The van der Waals surface area contributed by atoms with Crippen LogP contribution in [0.5, 0.6) is 17.2 Å². The van der Waals surface area contributed by atoms with Gasteiger partial charge in [-0.25, -0.2) is 0 Å². The topological polar surface area (TPSA) is 98.4 Å². The number of carbonyl (C=O) groups is 2. The second-order valence-corrected chi connectivity index (χ2v) is 7.32. The lowest BCUT2D eigenvalue weighted by atomic mass is 9.98. The average Bonchev–Trinajstić information content (AvgIpc) is 3.46. The molecule has 1 N–H and O–H groups in total. The number of benzene rings is 2. The van der Waals surface area contributed by atoms with Gasteiger partial charge < -0.3 is 28.6 Å². The molecular weight excluding hydrogens is 426 g/mol. The van der Waals surface area contributed by atoms with Crippen LogP contribution in [0.3, 0.4) is 0 Å². The minimum Gasteiger partial charge on any atom is -0.507 e. The zero-order valence-corrected chi connectivity index (χ0v) is 18.4. The van der Waals surface area contributed by atoms with Crippen LogP contribution in [0.15, 0.2) is 70.9 Å². The van der Waals surface area contributed by atoms with Crippen molar-refractivity contribution < 1.29 is 33.3 Å². The molecule has 2 aromatic carbocycles. The first kappa shape index (κ1) is 22.0. The number of nitrogens with zero attached hydrogens (tertiary/aromatic N) is 1. The van der Waals surface area contributed by atoms with Gasteiger partial charge in [0.05, 0.1) is 45.3 Å². The quantitative estimate of drug-likeness (QED) is 0.332. The molecule has 0 aliphatic carbocycles. The number of rotatable bonds is 7. The molecule has 1 atom stereocenters. The van der Waals surface area contributed by atoms with Gasteiger partial charge in [0.15, 0.2) is 0 Å². The van der Waals surface area contributed by atoms with Gasteiger partial charge in [-0.15, -0.1) is 0 Å². The molecule has 1 aliphatic heterocycles. The Morgan fingerprint density at radius 2 is 1.73 bits per heavy atom. The van der Waals surface area contributed by atoms with E-state index in [9.17, 15) is 14.7 Å². The molecule has 0 bridgehead atoms. The minimum absolute atomic E-state index is 0.0754. The minimum atomic E-state index is -0.944. The van der Waals surface area contributed by atoms with E-state index in [2.05, 4.69) is 0 Å². The first-order valence-corrected chi connectivity index (χ1v) is 10.2. The second kappa shape index (κ2) is 9.12. The Hall–Kier alpha value is -4.20. The van der Waals surface area contributed by atoms with Crippen LogP contribution in [0, 0.1) is 0 Å². The van der Waals surface area contributed by atoms with Crippen molar-refractivity contribution in [2.75, 3.05) is 21.3 Å². The highest BCUT2D eigenvalue weighted by molar-refractivity contribution is 6.46. The summed E-state index contributed by atoms with van der Waals surface area (Å²) in [6.45, 7) is 0.0754. The van der Waals surface area contributed by atoms with Gasteiger partial charge in [0.1, 0.15) is 34.8 Å². The standard InChI is InChI=1S/C25H23NO7/c1-30-16-10-11-19(32-3)17(13-16)23(27)21-22(20-9-6-12-33-20)26(25(29)24(21)28)14-15-7-4-5-8-18(15)31-2/h4-13,22,27H,14H2,1-3H3/b23-21-. The van der Waals surface area contributed by atoms with Crippen molar-refractivity contribution >= 4 is 17.4 Å². The smallest absolute Gasteiger partial charge is 0.296 e. The van der Waals surface area contributed by atoms with Gasteiger partial charge in [-0.05, 0) is 36.4 Å². The molecule has 0 radical (unpaired) electrons. The third-order valence-electron chi connectivity index (χ3n) is 5.55. The summed E-state index contributed by atoms with van der Waals surface area (Å²) in [6.07, 6.45) is 1.45. The SMILES string of the molecule is COc1ccc(OC)c(/C(O)=C2/C(=O)C(=O)N(Cc3ccccc3OC)C2c2ccco2)c1. The lowest BCUT2D eigenvalue weighted by molar-refractivity contribution is -0.140. The van der Waals surface area contributed by atoms with Crippen LogP contribution in [-0.2, 0) is 16.1 Å². The number of methoxy groups -OCH3 is 3. The van der Waals surface area contributed by atoms with Gasteiger partial charge in [-0.3, -0.25) is 9.59 Å². The van der Waals surface area contributed by atoms with Gasteiger partial charge >= 0.3 is 0 Å². The molecule has 1 unspecified atom stereocenters. The van der Waals surface area contributed by atoms with Crippen LogP contribution >= 0.6 is 0 Å². The molecule has 170 valence electrons. The van der Waals surface area contributed by atoms with Crippen molar-refractivity contribution in [2.45, 2.75) is 12.6 Å². The highest BCUT2D eigenvalue weighted by Gasteiger charge is 2.47. The highest BCUT2D eigenvalue weighted by Crippen LogP contribution is 2.42. The number of hydrogen-bond acceptors (Lipinski definition) is 7. The van der Waals surface area contributed by atoms with E-state index in [1.165, 1.54) is 32.5 Å². The van der Waals surface area contributed by atoms with E-state index >= 15 is 0 Å². The number of aliphatic hydroxyl groups is 1. The number of hydrogen-bond donors (Lipinski definition) is 1. The summed E-state index contributed by atoms with van der Waals surface area (Å²) in [5.41, 5.74) is 0.831. The summed E-state index contributed by atoms with van der Waals surface area (Å²) in [7, 11) is 4.47. The first-order chi connectivity index (χ1) is 16.0. The summed E-state index contributed by atoms with van der Waals surface area (Å²) in [5.74, 6) is -0.274. The fourth-order valence-electron chi connectivity index (χ4n) is 3.95. The Kier molecular flexibility index (Phi) is 6.08. The molecule has 1 amide bonds. The third kappa shape index (κ3) is 3.91. The largest absolute Gasteiger partial charge is 0.507 e. The summed E-state index contributed by atoms with van der Waals surface area (Å²) < 4.78 is 21.6. The summed E-state index contributed by atoms with van der Waals surface area (Å²) in [5, 5.41) is 11.3. The van der Waals surface area contributed by atoms with Crippen LogP contribution in [0.4, 0.5) is 0 Å². The molecule has 3 aromatic rings. The van der Waals surface area contributed by atoms with Crippen molar-refractivity contribution in [3.8, 4) is 17.2 Å². The number of Topliss-reactive ketones (excluding diaryl/α,β-unsaturated/α-hetero) is 1. The summed E-state index contributed by atoms with van der Waals surface area (Å²) in [6, 6.07) is 14.4. The Morgan fingerprint density at radius 3 is 2.39 bits per heavy atom. The Morgan fingerprint density at radius 1 is 0.970 bits per heavy atom. The molecule has 0 spiro atoms. The molecule has 33 heavy (non-hydrogen) atoms. The van der Waals surface area contributed by atoms with Crippen molar-refractivity contribution in [2.24, 2.45) is 0 Å². The third-order valence-corrected chi connectivity index (χ3v) is 5.55. The number of furan rings is 1. The number of ketones is 1. The van der Waals surface area contributed by atoms with Gasteiger partial charge in [0.2, 0.25) is 0 Å². The van der Waals surface area contributed by atoms with E-state index < -0.39 is 17.7 Å². The fraction of sp³-hybridized carbons (Fsp3) is 0.200. The zero-order chi connectivity index (χ0) is 23.5. The zero-order valence-electron chi connectivity index (χ0n) is 18.4. The van der Waals surface area contributed by atoms with Crippen LogP contribution in [0.2, 0.25) is 0 Å². The summed E-state index contributed by atoms with van der Waals surface area (Å²) in [4.78, 5) is 27.7. The van der Waals surface area contributed by atoms with Gasteiger partial charge in [-0.1, -0.05) is 18.2 Å². The summed E-state index contributed by atoms with van der Waals surface area (Å²) >= 11 is 0. The van der Waals surface area contributed by atoms with Crippen molar-refractivity contribution in [3.05, 3.63) is 83.3 Å².